The molecule has 1 aromatic carbocycles. The summed E-state index contributed by atoms with van der Waals surface area (Å²) >= 11 is 0. The molecule has 2 amide bonds. The van der Waals surface area contributed by atoms with Gasteiger partial charge < -0.3 is 15.4 Å². The van der Waals surface area contributed by atoms with Crippen LogP contribution in [0.25, 0.3) is 0 Å². The van der Waals surface area contributed by atoms with Gasteiger partial charge in [0.2, 0.25) is 0 Å². The molecule has 0 atom stereocenters. The summed E-state index contributed by atoms with van der Waals surface area (Å²) in [4.78, 5) is 22.6. The number of anilines is 1. The average molecular weight is 261 g/mol. The Bertz CT molecular complexity index is 520. The van der Waals surface area contributed by atoms with E-state index < -0.39 is 12.0 Å². The van der Waals surface area contributed by atoms with Gasteiger partial charge in [0, 0.05) is 5.69 Å². The lowest BCUT2D eigenvalue weighted by molar-refractivity contribution is -0.141. The Hall–Kier alpha value is -2.55. The Morgan fingerprint density at radius 2 is 2.16 bits per heavy atom. The number of benzene rings is 1. The molecule has 0 unspecified atom stereocenters. The maximum atomic E-state index is 11.6. The first-order valence-electron chi connectivity index (χ1n) is 5.78. The zero-order valence-corrected chi connectivity index (χ0v) is 10.8. The number of carbonyl (C=O) groups is 2. The number of nitriles is 1. The van der Waals surface area contributed by atoms with Crippen molar-refractivity contribution in [1.82, 2.24) is 5.32 Å². The van der Waals surface area contributed by atoms with Gasteiger partial charge in [0.1, 0.15) is 6.54 Å². The zero-order chi connectivity index (χ0) is 14.3. The van der Waals surface area contributed by atoms with Gasteiger partial charge >= 0.3 is 12.0 Å². The number of hydrogen-bond acceptors (Lipinski definition) is 4. The van der Waals surface area contributed by atoms with E-state index in [1.165, 1.54) is 0 Å². The van der Waals surface area contributed by atoms with Crippen LogP contribution in [0, 0.1) is 18.3 Å². The minimum atomic E-state index is -0.522. The summed E-state index contributed by atoms with van der Waals surface area (Å²) in [6.45, 7) is 3.57. The van der Waals surface area contributed by atoms with Crippen molar-refractivity contribution < 1.29 is 14.3 Å². The van der Waals surface area contributed by atoms with E-state index in [4.69, 9.17) is 5.26 Å². The van der Waals surface area contributed by atoms with Gasteiger partial charge in [-0.1, -0.05) is 6.07 Å². The molecule has 0 radical (unpaired) electrons. The van der Waals surface area contributed by atoms with Crippen molar-refractivity contribution in [3.63, 3.8) is 0 Å². The van der Waals surface area contributed by atoms with Crippen LogP contribution < -0.4 is 10.6 Å². The Morgan fingerprint density at radius 3 is 2.79 bits per heavy atom. The van der Waals surface area contributed by atoms with E-state index in [1.807, 2.05) is 13.0 Å². The number of nitrogens with zero attached hydrogens (tertiary/aromatic N) is 1. The fraction of sp³-hybridized carbons (Fsp3) is 0.308. The van der Waals surface area contributed by atoms with Crippen molar-refractivity contribution in [1.29, 1.82) is 5.26 Å². The van der Waals surface area contributed by atoms with Gasteiger partial charge in [0.15, 0.2) is 0 Å². The molecule has 6 nitrogen and oxygen atoms in total. The van der Waals surface area contributed by atoms with Crippen molar-refractivity contribution in [3.05, 3.63) is 29.3 Å². The Balaban J connectivity index is 2.57. The predicted octanol–water partition coefficient (Wildman–Crippen LogP) is 1.55. The van der Waals surface area contributed by atoms with Crippen molar-refractivity contribution >= 4 is 17.7 Å². The highest BCUT2D eigenvalue weighted by molar-refractivity contribution is 5.92. The van der Waals surface area contributed by atoms with E-state index in [9.17, 15) is 9.59 Å². The topological polar surface area (TPSA) is 91.2 Å². The van der Waals surface area contributed by atoms with Gasteiger partial charge in [-0.15, -0.1) is 0 Å². The number of rotatable bonds is 4. The second-order valence-corrected chi connectivity index (χ2v) is 3.75. The van der Waals surface area contributed by atoms with Gasteiger partial charge in [0.25, 0.3) is 0 Å². The maximum absolute atomic E-state index is 11.6. The third-order valence-electron chi connectivity index (χ3n) is 2.31. The quantitative estimate of drug-likeness (QED) is 0.804. The first-order valence-corrected chi connectivity index (χ1v) is 5.78. The highest BCUT2D eigenvalue weighted by Crippen LogP contribution is 2.16. The molecule has 0 saturated heterocycles. The molecule has 0 aliphatic carbocycles. The van der Waals surface area contributed by atoms with Gasteiger partial charge in [0.05, 0.1) is 18.2 Å². The van der Waals surface area contributed by atoms with Crippen LogP contribution in [0.1, 0.15) is 18.1 Å². The van der Waals surface area contributed by atoms with Crippen LogP contribution in [-0.4, -0.2) is 25.2 Å². The maximum Gasteiger partial charge on any atom is 0.325 e. The van der Waals surface area contributed by atoms with Crippen molar-refractivity contribution in [3.8, 4) is 6.07 Å². The van der Waals surface area contributed by atoms with E-state index in [2.05, 4.69) is 15.4 Å². The van der Waals surface area contributed by atoms with Crippen molar-refractivity contribution in [2.45, 2.75) is 13.8 Å². The molecule has 0 aliphatic rings. The number of amides is 2. The number of urea groups is 1. The van der Waals surface area contributed by atoms with Crippen LogP contribution in [0.2, 0.25) is 0 Å². The molecule has 0 spiro atoms. The molecule has 0 heterocycles. The first kappa shape index (κ1) is 14.5. The summed E-state index contributed by atoms with van der Waals surface area (Å²) in [5.74, 6) is -0.500. The van der Waals surface area contributed by atoms with E-state index in [-0.39, 0.29) is 13.2 Å². The SMILES string of the molecule is CCOC(=O)CNC(=O)Nc1cc(C#N)ccc1C. The lowest BCUT2D eigenvalue weighted by atomic mass is 10.1. The predicted molar refractivity (Wildman–Crippen MR) is 69.5 cm³/mol. The summed E-state index contributed by atoms with van der Waals surface area (Å²) in [7, 11) is 0. The van der Waals surface area contributed by atoms with E-state index >= 15 is 0 Å². The van der Waals surface area contributed by atoms with Crippen LogP contribution in [0.5, 0.6) is 0 Å². The van der Waals surface area contributed by atoms with Crippen LogP contribution >= 0.6 is 0 Å². The van der Waals surface area contributed by atoms with Crippen LogP contribution in [-0.2, 0) is 9.53 Å². The lowest BCUT2D eigenvalue weighted by Crippen LogP contribution is -2.34. The van der Waals surface area contributed by atoms with E-state index in [1.54, 1.807) is 25.1 Å². The minimum Gasteiger partial charge on any atom is -0.465 e. The third-order valence-corrected chi connectivity index (χ3v) is 2.31. The number of aryl methyl sites for hydroxylation is 1. The molecule has 1 aromatic rings. The highest BCUT2D eigenvalue weighted by atomic mass is 16.5. The number of carbonyl (C=O) groups excluding carboxylic acids is 2. The summed E-state index contributed by atoms with van der Waals surface area (Å²) in [5, 5.41) is 13.7. The molecule has 0 saturated carbocycles. The molecule has 6 heteroatoms. The average Bonchev–Trinajstić information content (AvgIpc) is 2.39. The second kappa shape index (κ2) is 7.01. The van der Waals surface area contributed by atoms with Crippen molar-refractivity contribution in [2.75, 3.05) is 18.5 Å². The zero-order valence-electron chi connectivity index (χ0n) is 10.8. The molecule has 0 aliphatic heterocycles. The lowest BCUT2D eigenvalue weighted by Gasteiger charge is -2.09. The first-order chi connectivity index (χ1) is 9.06. The minimum absolute atomic E-state index is 0.198. The van der Waals surface area contributed by atoms with Gasteiger partial charge in [-0.3, -0.25) is 4.79 Å². The molecule has 1 rings (SSSR count). The smallest absolute Gasteiger partial charge is 0.325 e. The van der Waals surface area contributed by atoms with E-state index in [0.29, 0.717) is 11.3 Å². The van der Waals surface area contributed by atoms with E-state index in [0.717, 1.165) is 5.56 Å². The number of esters is 1. The normalized spacial score (nSPS) is 9.32. The number of ether oxygens (including phenoxy) is 1. The molecule has 0 aromatic heterocycles. The Labute approximate surface area is 111 Å². The molecule has 2 N–H and O–H groups in total. The molecule has 0 bridgehead atoms. The fourth-order valence-electron chi connectivity index (χ4n) is 1.36. The number of hydrogen-bond donors (Lipinski definition) is 2. The molecule has 100 valence electrons. The van der Waals surface area contributed by atoms with Crippen LogP contribution in [0.4, 0.5) is 10.5 Å². The third kappa shape index (κ3) is 4.68. The summed E-state index contributed by atoms with van der Waals surface area (Å²) in [6.07, 6.45) is 0. The van der Waals surface area contributed by atoms with Crippen LogP contribution in [0.15, 0.2) is 18.2 Å². The molecular formula is C13H15N3O3. The Kier molecular flexibility index (Phi) is 5.35. The van der Waals surface area contributed by atoms with Crippen molar-refractivity contribution in [2.24, 2.45) is 0 Å². The summed E-state index contributed by atoms with van der Waals surface area (Å²) in [5.41, 5.74) is 1.80. The number of nitrogens with one attached hydrogen (secondary N) is 2. The Morgan fingerprint density at radius 1 is 1.42 bits per heavy atom. The largest absolute Gasteiger partial charge is 0.465 e. The van der Waals surface area contributed by atoms with Gasteiger partial charge in [-0.05, 0) is 31.5 Å². The second-order valence-electron chi connectivity index (χ2n) is 3.75. The molecule has 0 fully saturated rings. The van der Waals surface area contributed by atoms with Gasteiger partial charge in [-0.25, -0.2) is 4.79 Å². The molecular weight excluding hydrogens is 246 g/mol. The molecule has 19 heavy (non-hydrogen) atoms. The monoisotopic (exact) mass is 261 g/mol. The summed E-state index contributed by atoms with van der Waals surface area (Å²) < 4.78 is 4.68. The van der Waals surface area contributed by atoms with Crippen LogP contribution in [0.3, 0.4) is 0 Å². The fourth-order valence-corrected chi connectivity index (χ4v) is 1.36. The van der Waals surface area contributed by atoms with Gasteiger partial charge in [-0.2, -0.15) is 5.26 Å². The standard InChI is InChI=1S/C13H15N3O3/c1-3-19-12(17)8-15-13(18)16-11-6-10(7-14)5-4-9(11)2/h4-6H,3,8H2,1-2H3,(H2,15,16,18). The highest BCUT2D eigenvalue weighted by Gasteiger charge is 2.08. The summed E-state index contributed by atoms with van der Waals surface area (Å²) in [6, 6.07) is 6.44.